The average Bonchev–Trinajstić information content (AvgIpc) is 3.36. The van der Waals surface area contributed by atoms with Crippen molar-refractivity contribution in [2.75, 3.05) is 0 Å². The van der Waals surface area contributed by atoms with Gasteiger partial charge in [-0.2, -0.15) is 5.26 Å². The minimum Gasteiger partial charge on any atom is -0.324 e. The molecule has 2 aromatic rings. The number of nitrogens with zero attached hydrogens (tertiary/aromatic N) is 4. The Balaban J connectivity index is 2.04. The molecule has 23 heavy (non-hydrogen) atoms. The summed E-state index contributed by atoms with van der Waals surface area (Å²) in [4.78, 5) is 9.09. The van der Waals surface area contributed by atoms with Crippen molar-refractivity contribution < 1.29 is 0 Å². The van der Waals surface area contributed by atoms with E-state index in [1.807, 2.05) is 12.1 Å². The summed E-state index contributed by atoms with van der Waals surface area (Å²) < 4.78 is 2.15. The number of aromatic nitrogens is 2. The van der Waals surface area contributed by atoms with Crippen LogP contribution in [-0.4, -0.2) is 9.55 Å². The predicted octanol–water partition coefficient (Wildman–Crippen LogP) is 3.81. The predicted molar refractivity (Wildman–Crippen MR) is 89.3 cm³/mol. The standard InChI is InChI=1S/C17H17N5S/c1-3-22-15(10-19)21-16(12-4-5-12)17(22)23-14-7-11(9-18)6-13(8-14)20-2/h6-8,12H,3-5,10,19H2,1H3. The number of nitriles is 1. The number of hydrogen-bond donors (Lipinski definition) is 1. The molecule has 2 N–H and O–H groups in total. The molecule has 3 rings (SSSR count). The molecular weight excluding hydrogens is 306 g/mol. The van der Waals surface area contributed by atoms with E-state index in [-0.39, 0.29) is 0 Å². The summed E-state index contributed by atoms with van der Waals surface area (Å²) in [5.41, 5.74) is 7.95. The monoisotopic (exact) mass is 323 g/mol. The van der Waals surface area contributed by atoms with Gasteiger partial charge in [-0.25, -0.2) is 9.83 Å². The Bertz CT molecular complexity index is 788. The highest BCUT2D eigenvalue weighted by Gasteiger charge is 2.31. The Hall–Kier alpha value is -2.28. The lowest BCUT2D eigenvalue weighted by atomic mass is 10.2. The quantitative estimate of drug-likeness (QED) is 0.849. The molecule has 1 heterocycles. The third-order valence-electron chi connectivity index (χ3n) is 3.85. The Kier molecular flexibility index (Phi) is 4.38. The van der Waals surface area contributed by atoms with Crippen molar-refractivity contribution in [2.24, 2.45) is 5.73 Å². The number of hydrogen-bond acceptors (Lipinski definition) is 4. The van der Waals surface area contributed by atoms with Gasteiger partial charge in [0.2, 0.25) is 0 Å². The van der Waals surface area contributed by atoms with E-state index < -0.39 is 0 Å². The molecular formula is C17H17N5S. The van der Waals surface area contributed by atoms with E-state index in [1.165, 1.54) is 12.8 Å². The van der Waals surface area contributed by atoms with E-state index in [9.17, 15) is 0 Å². The van der Waals surface area contributed by atoms with Crippen molar-refractivity contribution >= 4 is 17.4 Å². The van der Waals surface area contributed by atoms with E-state index in [4.69, 9.17) is 22.6 Å². The molecule has 1 fully saturated rings. The van der Waals surface area contributed by atoms with E-state index in [2.05, 4.69) is 22.4 Å². The van der Waals surface area contributed by atoms with Crippen LogP contribution >= 0.6 is 11.8 Å². The molecule has 6 heteroatoms. The largest absolute Gasteiger partial charge is 0.324 e. The van der Waals surface area contributed by atoms with Crippen molar-refractivity contribution in [3.05, 3.63) is 46.7 Å². The summed E-state index contributed by atoms with van der Waals surface area (Å²) in [6.07, 6.45) is 2.34. The van der Waals surface area contributed by atoms with Gasteiger partial charge in [0.1, 0.15) is 10.9 Å². The third kappa shape index (κ3) is 3.10. The normalized spacial score (nSPS) is 13.6. The number of imidazole rings is 1. The summed E-state index contributed by atoms with van der Waals surface area (Å²) in [6.45, 7) is 10.5. The molecule has 116 valence electrons. The maximum absolute atomic E-state index is 9.15. The van der Waals surface area contributed by atoms with Crippen LogP contribution < -0.4 is 5.73 Å². The van der Waals surface area contributed by atoms with Gasteiger partial charge in [-0.15, -0.1) is 0 Å². The van der Waals surface area contributed by atoms with Gasteiger partial charge < -0.3 is 10.3 Å². The summed E-state index contributed by atoms with van der Waals surface area (Å²) in [7, 11) is 0. The fraction of sp³-hybridized carbons (Fsp3) is 0.353. The molecule has 1 aliphatic rings. The lowest BCUT2D eigenvalue weighted by molar-refractivity contribution is 0.648. The maximum atomic E-state index is 9.15. The molecule has 0 unspecified atom stereocenters. The zero-order chi connectivity index (χ0) is 16.4. The van der Waals surface area contributed by atoms with Gasteiger partial charge in [-0.3, -0.25) is 0 Å². The Labute approximate surface area is 139 Å². The summed E-state index contributed by atoms with van der Waals surface area (Å²) in [5.74, 6) is 1.42. The minimum absolute atomic E-state index is 0.416. The van der Waals surface area contributed by atoms with Gasteiger partial charge in [0.15, 0.2) is 5.69 Å². The van der Waals surface area contributed by atoms with Gasteiger partial charge in [0.25, 0.3) is 0 Å². The molecule has 1 aromatic carbocycles. The van der Waals surface area contributed by atoms with Crippen LogP contribution in [0, 0.1) is 17.9 Å². The molecule has 0 bridgehead atoms. The summed E-state index contributed by atoms with van der Waals surface area (Å²) >= 11 is 1.58. The first-order valence-electron chi connectivity index (χ1n) is 7.60. The van der Waals surface area contributed by atoms with Crippen molar-refractivity contribution in [1.82, 2.24) is 9.55 Å². The minimum atomic E-state index is 0.416. The highest BCUT2D eigenvalue weighted by atomic mass is 32.2. The average molecular weight is 323 g/mol. The summed E-state index contributed by atoms with van der Waals surface area (Å²) in [5, 5.41) is 10.2. The van der Waals surface area contributed by atoms with Gasteiger partial charge in [-0.05, 0) is 38.0 Å². The van der Waals surface area contributed by atoms with Crippen LogP contribution in [0.2, 0.25) is 0 Å². The Morgan fingerprint density at radius 1 is 1.48 bits per heavy atom. The van der Waals surface area contributed by atoms with Crippen LogP contribution in [0.4, 0.5) is 5.69 Å². The van der Waals surface area contributed by atoms with Gasteiger partial charge in [0.05, 0.1) is 24.9 Å². The molecule has 0 aliphatic heterocycles. The highest BCUT2D eigenvalue weighted by molar-refractivity contribution is 7.99. The number of nitrogens with two attached hydrogens (primary N) is 1. The van der Waals surface area contributed by atoms with Crippen LogP contribution in [-0.2, 0) is 13.1 Å². The second-order valence-corrected chi connectivity index (χ2v) is 6.54. The Morgan fingerprint density at radius 3 is 2.83 bits per heavy atom. The van der Waals surface area contributed by atoms with E-state index in [1.54, 1.807) is 17.8 Å². The molecule has 1 saturated carbocycles. The molecule has 0 atom stereocenters. The fourth-order valence-electron chi connectivity index (χ4n) is 2.60. The zero-order valence-corrected chi connectivity index (χ0v) is 13.7. The van der Waals surface area contributed by atoms with Crippen molar-refractivity contribution in [3.8, 4) is 6.07 Å². The van der Waals surface area contributed by atoms with E-state index in [0.29, 0.717) is 23.7 Å². The second kappa shape index (κ2) is 6.45. The first kappa shape index (κ1) is 15.6. The van der Waals surface area contributed by atoms with Crippen LogP contribution in [0.3, 0.4) is 0 Å². The molecule has 5 nitrogen and oxygen atoms in total. The third-order valence-corrected chi connectivity index (χ3v) is 4.95. The lowest BCUT2D eigenvalue weighted by Gasteiger charge is -2.10. The number of rotatable bonds is 5. The van der Waals surface area contributed by atoms with Crippen LogP contribution in [0.5, 0.6) is 0 Å². The number of benzene rings is 1. The molecule has 0 amide bonds. The van der Waals surface area contributed by atoms with Gasteiger partial charge in [0, 0.05) is 22.9 Å². The lowest BCUT2D eigenvalue weighted by Crippen LogP contribution is -2.07. The first-order chi connectivity index (χ1) is 11.2. The maximum Gasteiger partial charge on any atom is 0.189 e. The van der Waals surface area contributed by atoms with Crippen molar-refractivity contribution in [3.63, 3.8) is 0 Å². The zero-order valence-electron chi connectivity index (χ0n) is 12.9. The SMILES string of the molecule is [C-]#[N+]c1cc(C#N)cc(Sc2c(C3CC3)nc(CN)n2CC)c1. The molecule has 0 radical (unpaired) electrons. The van der Waals surface area contributed by atoms with Crippen molar-refractivity contribution in [2.45, 2.75) is 48.7 Å². The van der Waals surface area contributed by atoms with Crippen LogP contribution in [0.1, 0.15) is 42.8 Å². The fourth-order valence-corrected chi connectivity index (χ4v) is 3.85. The highest BCUT2D eigenvalue weighted by Crippen LogP contribution is 2.45. The van der Waals surface area contributed by atoms with Gasteiger partial charge in [-0.1, -0.05) is 11.8 Å². The first-order valence-corrected chi connectivity index (χ1v) is 8.41. The molecule has 1 aromatic heterocycles. The molecule has 1 aliphatic carbocycles. The Morgan fingerprint density at radius 2 is 2.26 bits per heavy atom. The topological polar surface area (TPSA) is 72.0 Å². The van der Waals surface area contributed by atoms with E-state index in [0.717, 1.165) is 28.0 Å². The van der Waals surface area contributed by atoms with Gasteiger partial charge >= 0.3 is 0 Å². The smallest absolute Gasteiger partial charge is 0.189 e. The molecule has 0 saturated heterocycles. The van der Waals surface area contributed by atoms with Crippen LogP contribution in [0.15, 0.2) is 28.1 Å². The second-order valence-electron chi connectivity index (χ2n) is 5.48. The van der Waals surface area contributed by atoms with Crippen molar-refractivity contribution in [1.29, 1.82) is 5.26 Å². The summed E-state index contributed by atoms with van der Waals surface area (Å²) in [6, 6.07) is 7.38. The van der Waals surface area contributed by atoms with Crippen LogP contribution in [0.25, 0.3) is 4.85 Å². The molecule has 0 spiro atoms. The van der Waals surface area contributed by atoms with E-state index >= 15 is 0 Å².